The van der Waals surface area contributed by atoms with E-state index < -0.39 is 0 Å². The first kappa shape index (κ1) is 14.4. The minimum atomic E-state index is -0.0307. The third kappa shape index (κ3) is 4.86. The summed E-state index contributed by atoms with van der Waals surface area (Å²) >= 11 is 9.22. The van der Waals surface area contributed by atoms with E-state index in [9.17, 15) is 0 Å². The Labute approximate surface area is 126 Å². The fourth-order valence-electron chi connectivity index (χ4n) is 1.72. The summed E-state index contributed by atoms with van der Waals surface area (Å²) in [6.07, 6.45) is 0.793. The number of hydrogen-bond acceptors (Lipinski definition) is 2. The molecule has 0 aliphatic carbocycles. The van der Waals surface area contributed by atoms with Gasteiger partial charge in [-0.3, -0.25) is 0 Å². The highest BCUT2D eigenvalue weighted by molar-refractivity contribution is 9.10. The molecule has 2 aromatic carbocycles. The smallest absolute Gasteiger partial charge is 0.119 e. The molecular weight excluding hydrogens is 326 g/mol. The van der Waals surface area contributed by atoms with E-state index in [0.29, 0.717) is 11.6 Å². The second-order valence-corrected chi connectivity index (χ2v) is 5.71. The van der Waals surface area contributed by atoms with Crippen molar-refractivity contribution >= 4 is 27.5 Å². The Morgan fingerprint density at radius 1 is 1.05 bits per heavy atom. The van der Waals surface area contributed by atoms with E-state index in [0.717, 1.165) is 16.6 Å². The molecule has 0 saturated heterocycles. The molecule has 0 aromatic heterocycles. The SMILES string of the molecule is NC(COc1ccc(Cl)cc1)Cc1ccc(Br)cc1. The topological polar surface area (TPSA) is 35.2 Å². The van der Waals surface area contributed by atoms with Crippen LogP contribution >= 0.6 is 27.5 Å². The van der Waals surface area contributed by atoms with Gasteiger partial charge in [-0.25, -0.2) is 0 Å². The molecule has 0 aliphatic heterocycles. The van der Waals surface area contributed by atoms with Gasteiger partial charge in [-0.05, 0) is 48.4 Å². The molecule has 4 heteroatoms. The van der Waals surface area contributed by atoms with Crippen molar-refractivity contribution in [3.63, 3.8) is 0 Å². The Bertz CT molecular complexity index is 513. The van der Waals surface area contributed by atoms with E-state index in [1.807, 2.05) is 24.3 Å². The minimum Gasteiger partial charge on any atom is -0.492 e. The van der Waals surface area contributed by atoms with Crippen LogP contribution in [0.1, 0.15) is 5.56 Å². The fraction of sp³-hybridized carbons (Fsp3) is 0.200. The van der Waals surface area contributed by atoms with Crippen LogP contribution in [0, 0.1) is 0 Å². The number of rotatable bonds is 5. The zero-order valence-electron chi connectivity index (χ0n) is 10.4. The first-order valence-electron chi connectivity index (χ1n) is 6.02. The predicted molar refractivity (Wildman–Crippen MR) is 82.8 cm³/mol. The molecule has 2 aromatic rings. The molecule has 0 radical (unpaired) electrons. The van der Waals surface area contributed by atoms with Crippen LogP contribution in [0.5, 0.6) is 5.75 Å². The highest BCUT2D eigenvalue weighted by Gasteiger charge is 2.05. The third-order valence-corrected chi connectivity index (χ3v) is 3.47. The fourth-order valence-corrected chi connectivity index (χ4v) is 2.11. The van der Waals surface area contributed by atoms with Gasteiger partial charge in [-0.15, -0.1) is 0 Å². The van der Waals surface area contributed by atoms with Gasteiger partial charge >= 0.3 is 0 Å². The van der Waals surface area contributed by atoms with Gasteiger partial charge in [0.15, 0.2) is 0 Å². The predicted octanol–water partition coefficient (Wildman–Crippen LogP) is 4.05. The summed E-state index contributed by atoms with van der Waals surface area (Å²) < 4.78 is 6.70. The highest BCUT2D eigenvalue weighted by Crippen LogP contribution is 2.16. The lowest BCUT2D eigenvalue weighted by Gasteiger charge is -2.13. The molecule has 0 bridgehead atoms. The number of nitrogens with two attached hydrogens (primary N) is 1. The van der Waals surface area contributed by atoms with Gasteiger partial charge in [0.05, 0.1) is 0 Å². The van der Waals surface area contributed by atoms with Gasteiger partial charge in [-0.2, -0.15) is 0 Å². The Morgan fingerprint density at radius 2 is 1.68 bits per heavy atom. The molecule has 2 nitrogen and oxygen atoms in total. The average molecular weight is 341 g/mol. The van der Waals surface area contributed by atoms with E-state index in [2.05, 4.69) is 28.1 Å². The van der Waals surface area contributed by atoms with Crippen molar-refractivity contribution in [2.24, 2.45) is 5.73 Å². The molecule has 0 heterocycles. The third-order valence-electron chi connectivity index (χ3n) is 2.69. The molecule has 2 N–H and O–H groups in total. The van der Waals surface area contributed by atoms with Crippen molar-refractivity contribution in [1.82, 2.24) is 0 Å². The molecule has 2 rings (SSSR count). The highest BCUT2D eigenvalue weighted by atomic mass is 79.9. The van der Waals surface area contributed by atoms with E-state index in [1.165, 1.54) is 5.56 Å². The van der Waals surface area contributed by atoms with E-state index in [-0.39, 0.29) is 6.04 Å². The summed E-state index contributed by atoms with van der Waals surface area (Å²) in [5.41, 5.74) is 7.26. The normalized spacial score (nSPS) is 12.2. The lowest BCUT2D eigenvalue weighted by molar-refractivity contribution is 0.287. The van der Waals surface area contributed by atoms with Crippen molar-refractivity contribution in [1.29, 1.82) is 0 Å². The summed E-state index contributed by atoms with van der Waals surface area (Å²) in [5, 5.41) is 0.700. The van der Waals surface area contributed by atoms with E-state index in [4.69, 9.17) is 22.1 Å². The van der Waals surface area contributed by atoms with Gasteiger partial charge in [-0.1, -0.05) is 39.7 Å². The number of halogens is 2. The number of hydrogen-bond donors (Lipinski definition) is 1. The van der Waals surface area contributed by atoms with Crippen LogP contribution < -0.4 is 10.5 Å². The number of benzene rings is 2. The summed E-state index contributed by atoms with van der Waals surface area (Å²) in [4.78, 5) is 0. The first-order chi connectivity index (χ1) is 9.13. The second-order valence-electron chi connectivity index (χ2n) is 4.36. The summed E-state index contributed by atoms with van der Waals surface area (Å²) in [6, 6.07) is 15.4. The molecule has 0 spiro atoms. The van der Waals surface area contributed by atoms with Crippen molar-refractivity contribution in [3.8, 4) is 5.75 Å². The maximum atomic E-state index is 6.06. The molecular formula is C15H15BrClNO. The molecule has 100 valence electrons. The van der Waals surface area contributed by atoms with Crippen molar-refractivity contribution in [2.75, 3.05) is 6.61 Å². The quantitative estimate of drug-likeness (QED) is 0.891. The minimum absolute atomic E-state index is 0.0307. The Kier molecular flexibility index (Phi) is 5.25. The average Bonchev–Trinajstić information content (AvgIpc) is 2.41. The summed E-state index contributed by atoms with van der Waals surface area (Å²) in [7, 11) is 0. The van der Waals surface area contributed by atoms with Crippen LogP contribution in [-0.4, -0.2) is 12.6 Å². The van der Waals surface area contributed by atoms with Gasteiger partial charge in [0.25, 0.3) is 0 Å². The zero-order valence-corrected chi connectivity index (χ0v) is 12.7. The lowest BCUT2D eigenvalue weighted by atomic mass is 10.1. The van der Waals surface area contributed by atoms with Crippen LogP contribution in [0.25, 0.3) is 0 Å². The Hall–Kier alpha value is -1.03. The van der Waals surface area contributed by atoms with Crippen molar-refractivity contribution in [2.45, 2.75) is 12.5 Å². The van der Waals surface area contributed by atoms with Crippen LogP contribution in [-0.2, 0) is 6.42 Å². The molecule has 1 unspecified atom stereocenters. The van der Waals surface area contributed by atoms with E-state index >= 15 is 0 Å². The summed E-state index contributed by atoms with van der Waals surface area (Å²) in [5.74, 6) is 0.788. The van der Waals surface area contributed by atoms with Crippen LogP contribution in [0.2, 0.25) is 5.02 Å². The van der Waals surface area contributed by atoms with Crippen LogP contribution in [0.3, 0.4) is 0 Å². The second kappa shape index (κ2) is 6.94. The van der Waals surface area contributed by atoms with Crippen LogP contribution in [0.15, 0.2) is 53.0 Å². The van der Waals surface area contributed by atoms with Crippen molar-refractivity contribution in [3.05, 3.63) is 63.6 Å². The number of ether oxygens (including phenoxy) is 1. The van der Waals surface area contributed by atoms with Gasteiger partial charge < -0.3 is 10.5 Å². The van der Waals surface area contributed by atoms with Gasteiger partial charge in [0.1, 0.15) is 12.4 Å². The van der Waals surface area contributed by atoms with Gasteiger partial charge in [0, 0.05) is 15.5 Å². The standard InChI is InChI=1S/C15H15BrClNO/c16-12-3-1-11(2-4-12)9-14(18)10-19-15-7-5-13(17)6-8-15/h1-8,14H,9-10,18H2. The Balaban J connectivity index is 1.82. The molecule has 19 heavy (non-hydrogen) atoms. The summed E-state index contributed by atoms with van der Waals surface area (Å²) in [6.45, 7) is 0.484. The largest absolute Gasteiger partial charge is 0.492 e. The van der Waals surface area contributed by atoms with Gasteiger partial charge in [0.2, 0.25) is 0 Å². The van der Waals surface area contributed by atoms with Crippen molar-refractivity contribution < 1.29 is 4.74 Å². The lowest BCUT2D eigenvalue weighted by Crippen LogP contribution is -2.30. The molecule has 1 atom stereocenters. The maximum absolute atomic E-state index is 6.06. The van der Waals surface area contributed by atoms with Crippen LogP contribution in [0.4, 0.5) is 0 Å². The molecule has 0 amide bonds. The molecule has 0 saturated carbocycles. The monoisotopic (exact) mass is 339 g/mol. The van der Waals surface area contributed by atoms with E-state index in [1.54, 1.807) is 12.1 Å². The maximum Gasteiger partial charge on any atom is 0.119 e. The first-order valence-corrected chi connectivity index (χ1v) is 7.19. The molecule has 0 fully saturated rings. The Morgan fingerprint density at radius 3 is 2.32 bits per heavy atom. The molecule has 0 aliphatic rings. The zero-order chi connectivity index (χ0) is 13.7.